The largest absolute Gasteiger partial charge is 0.490 e. The number of hydrogen-bond donors (Lipinski definition) is 2. The number of ether oxygens (including phenoxy) is 2. The summed E-state index contributed by atoms with van der Waals surface area (Å²) in [6, 6.07) is 16.4. The van der Waals surface area contributed by atoms with E-state index < -0.39 is 4.92 Å². The minimum absolute atomic E-state index is 0. The van der Waals surface area contributed by atoms with Crippen molar-refractivity contribution < 1.29 is 18.8 Å². The normalized spacial score (nSPS) is 10.3. The molecule has 0 saturated heterocycles. The maximum absolute atomic E-state index is 13.1. The Morgan fingerprint density at radius 1 is 1.00 bits per heavy atom. The Balaban J connectivity index is 0.00000408. The van der Waals surface area contributed by atoms with Gasteiger partial charge in [0.05, 0.1) is 16.0 Å². The first-order valence-electron chi connectivity index (χ1n) is 10.5. The number of non-ortho nitro benzene ring substituents is 1. The summed E-state index contributed by atoms with van der Waals surface area (Å²) in [4.78, 5) is 10.3. The third kappa shape index (κ3) is 8.16. The van der Waals surface area contributed by atoms with Crippen LogP contribution in [0.25, 0.3) is 0 Å². The number of nitro groups is 1. The molecule has 0 spiro atoms. The van der Waals surface area contributed by atoms with Crippen molar-refractivity contribution in [3.05, 3.63) is 92.2 Å². The molecule has 34 heavy (non-hydrogen) atoms. The first-order chi connectivity index (χ1) is 16.0. The Kier molecular flexibility index (Phi) is 11.1. The SMILES string of the molecule is CCOc1cc(CNCCNc2ccc([N+](=O)[O-])cc2)cc(Br)c1OCc1ccc(F)cc1.Cl. The molecular weight excluding hydrogens is 529 g/mol. The lowest BCUT2D eigenvalue weighted by Gasteiger charge is -2.16. The van der Waals surface area contributed by atoms with Gasteiger partial charge in [0.25, 0.3) is 5.69 Å². The van der Waals surface area contributed by atoms with E-state index in [4.69, 9.17) is 9.47 Å². The second-order valence-corrected chi connectivity index (χ2v) is 8.01. The topological polar surface area (TPSA) is 85.7 Å². The number of benzene rings is 3. The highest BCUT2D eigenvalue weighted by molar-refractivity contribution is 9.10. The van der Waals surface area contributed by atoms with Gasteiger partial charge in [0.15, 0.2) is 11.5 Å². The molecule has 0 heterocycles. The van der Waals surface area contributed by atoms with E-state index in [0.717, 1.165) is 21.3 Å². The predicted molar refractivity (Wildman–Crippen MR) is 137 cm³/mol. The van der Waals surface area contributed by atoms with Gasteiger partial charge < -0.3 is 20.1 Å². The average Bonchev–Trinajstić information content (AvgIpc) is 2.80. The van der Waals surface area contributed by atoms with Gasteiger partial charge in [-0.25, -0.2) is 4.39 Å². The Labute approximate surface area is 212 Å². The molecule has 3 aromatic carbocycles. The van der Waals surface area contributed by atoms with Crippen molar-refractivity contribution in [2.24, 2.45) is 0 Å². The number of nitrogens with one attached hydrogen (secondary N) is 2. The molecule has 10 heteroatoms. The molecule has 0 amide bonds. The van der Waals surface area contributed by atoms with E-state index in [-0.39, 0.29) is 23.9 Å². The van der Waals surface area contributed by atoms with Crippen molar-refractivity contribution in [3.8, 4) is 11.5 Å². The molecule has 3 rings (SSSR count). The quantitative estimate of drug-likeness (QED) is 0.160. The van der Waals surface area contributed by atoms with Crippen LogP contribution in [0.1, 0.15) is 18.1 Å². The van der Waals surface area contributed by atoms with E-state index in [1.807, 2.05) is 19.1 Å². The molecule has 0 aliphatic rings. The second kappa shape index (κ2) is 13.7. The van der Waals surface area contributed by atoms with Crippen LogP contribution in [0.5, 0.6) is 11.5 Å². The van der Waals surface area contributed by atoms with Crippen molar-refractivity contribution in [3.63, 3.8) is 0 Å². The van der Waals surface area contributed by atoms with Crippen LogP contribution < -0.4 is 20.1 Å². The van der Waals surface area contributed by atoms with E-state index in [1.54, 1.807) is 24.3 Å². The maximum Gasteiger partial charge on any atom is 0.269 e. The molecule has 0 bridgehead atoms. The lowest BCUT2D eigenvalue weighted by molar-refractivity contribution is -0.384. The van der Waals surface area contributed by atoms with Crippen LogP contribution in [0.2, 0.25) is 0 Å². The zero-order chi connectivity index (χ0) is 23.6. The fraction of sp³-hybridized carbons (Fsp3) is 0.250. The van der Waals surface area contributed by atoms with E-state index in [9.17, 15) is 14.5 Å². The zero-order valence-corrected chi connectivity index (χ0v) is 21.0. The average molecular weight is 555 g/mol. The second-order valence-electron chi connectivity index (χ2n) is 7.16. The lowest BCUT2D eigenvalue weighted by atomic mass is 10.2. The summed E-state index contributed by atoms with van der Waals surface area (Å²) in [7, 11) is 0. The van der Waals surface area contributed by atoms with Crippen molar-refractivity contribution in [2.75, 3.05) is 25.0 Å². The number of hydrogen-bond acceptors (Lipinski definition) is 6. The molecule has 0 aliphatic carbocycles. The molecule has 0 aromatic heterocycles. The van der Waals surface area contributed by atoms with Gasteiger partial charge in [-0.05, 0) is 70.4 Å². The van der Waals surface area contributed by atoms with Crippen LogP contribution in [0, 0.1) is 15.9 Å². The highest BCUT2D eigenvalue weighted by atomic mass is 79.9. The summed E-state index contributed by atoms with van der Waals surface area (Å²) >= 11 is 3.57. The van der Waals surface area contributed by atoms with Crippen LogP contribution in [-0.4, -0.2) is 24.6 Å². The third-order valence-corrected chi connectivity index (χ3v) is 5.29. The van der Waals surface area contributed by atoms with Crippen LogP contribution >= 0.6 is 28.3 Å². The Morgan fingerprint density at radius 2 is 1.71 bits per heavy atom. The van der Waals surface area contributed by atoms with Crippen molar-refractivity contribution in [1.29, 1.82) is 0 Å². The van der Waals surface area contributed by atoms with Gasteiger partial charge in [-0.1, -0.05) is 12.1 Å². The molecule has 2 N–H and O–H groups in total. The zero-order valence-electron chi connectivity index (χ0n) is 18.6. The molecule has 0 fully saturated rings. The molecule has 0 radical (unpaired) electrons. The van der Waals surface area contributed by atoms with Gasteiger partial charge in [0.2, 0.25) is 0 Å². The van der Waals surface area contributed by atoms with Gasteiger partial charge in [-0.3, -0.25) is 10.1 Å². The highest BCUT2D eigenvalue weighted by Gasteiger charge is 2.13. The molecular formula is C24H26BrClFN3O4. The summed E-state index contributed by atoms with van der Waals surface area (Å²) in [6.45, 7) is 4.68. The van der Waals surface area contributed by atoms with Crippen LogP contribution in [0.4, 0.5) is 15.8 Å². The minimum atomic E-state index is -0.418. The van der Waals surface area contributed by atoms with Crippen LogP contribution in [0.3, 0.4) is 0 Å². The standard InChI is InChI=1S/C24H25BrFN3O4.ClH/c1-2-32-23-14-18(13-22(25)24(23)33-16-17-3-5-19(26)6-4-17)15-27-11-12-28-20-7-9-21(10-8-20)29(30)31;/h3-10,13-14,27-28H,2,11-12,15-16H2,1H3;1H. The van der Waals surface area contributed by atoms with Gasteiger partial charge in [-0.2, -0.15) is 0 Å². The summed E-state index contributed by atoms with van der Waals surface area (Å²) in [5.41, 5.74) is 2.78. The van der Waals surface area contributed by atoms with E-state index in [1.165, 1.54) is 24.3 Å². The Bertz CT molecular complexity index is 1070. The van der Waals surface area contributed by atoms with E-state index in [2.05, 4.69) is 26.6 Å². The van der Waals surface area contributed by atoms with Crippen molar-refractivity contribution >= 4 is 39.7 Å². The summed E-state index contributed by atoms with van der Waals surface area (Å²) in [6.07, 6.45) is 0. The predicted octanol–water partition coefficient (Wildman–Crippen LogP) is 6.10. The monoisotopic (exact) mass is 553 g/mol. The smallest absolute Gasteiger partial charge is 0.269 e. The molecule has 0 aliphatic heterocycles. The van der Waals surface area contributed by atoms with Gasteiger partial charge in [0, 0.05) is 37.5 Å². The van der Waals surface area contributed by atoms with Crippen LogP contribution in [0.15, 0.2) is 65.1 Å². The maximum atomic E-state index is 13.1. The minimum Gasteiger partial charge on any atom is -0.490 e. The van der Waals surface area contributed by atoms with E-state index in [0.29, 0.717) is 44.3 Å². The molecule has 0 atom stereocenters. The fourth-order valence-corrected chi connectivity index (χ4v) is 3.70. The first-order valence-corrected chi connectivity index (χ1v) is 11.3. The van der Waals surface area contributed by atoms with Gasteiger partial charge >= 0.3 is 0 Å². The van der Waals surface area contributed by atoms with Crippen molar-refractivity contribution in [2.45, 2.75) is 20.1 Å². The number of nitro benzene ring substituents is 1. The first kappa shape index (κ1) is 27.4. The molecule has 0 unspecified atom stereocenters. The number of halogens is 3. The molecule has 182 valence electrons. The Hall–Kier alpha value is -2.88. The number of anilines is 1. The lowest BCUT2D eigenvalue weighted by Crippen LogP contribution is -2.21. The number of rotatable bonds is 12. The van der Waals surface area contributed by atoms with Gasteiger partial charge in [0.1, 0.15) is 12.4 Å². The van der Waals surface area contributed by atoms with Crippen LogP contribution in [-0.2, 0) is 13.2 Å². The molecule has 0 saturated carbocycles. The molecule has 3 aromatic rings. The third-order valence-electron chi connectivity index (χ3n) is 4.70. The summed E-state index contributed by atoms with van der Waals surface area (Å²) in [5.74, 6) is 0.953. The fourth-order valence-electron chi connectivity index (χ4n) is 3.09. The molecule has 7 nitrogen and oxygen atoms in total. The van der Waals surface area contributed by atoms with Gasteiger partial charge in [-0.15, -0.1) is 12.4 Å². The summed E-state index contributed by atoms with van der Waals surface area (Å²) < 4.78 is 25.6. The van der Waals surface area contributed by atoms with Crippen molar-refractivity contribution in [1.82, 2.24) is 5.32 Å². The number of nitrogens with zero attached hydrogens (tertiary/aromatic N) is 1. The summed E-state index contributed by atoms with van der Waals surface area (Å²) in [5, 5.41) is 17.3. The highest BCUT2D eigenvalue weighted by Crippen LogP contribution is 2.37. The Morgan fingerprint density at radius 3 is 2.35 bits per heavy atom. The van der Waals surface area contributed by atoms with E-state index >= 15 is 0 Å².